The van der Waals surface area contributed by atoms with Crippen molar-refractivity contribution in [3.8, 4) is 0 Å². The SMILES string of the molecule is O=C(O)C1CSCCN1C(=O)NCC1CCC1. The van der Waals surface area contributed by atoms with Crippen molar-refractivity contribution in [3.63, 3.8) is 0 Å². The Hall–Kier alpha value is -0.910. The highest BCUT2D eigenvalue weighted by atomic mass is 32.2. The molecular formula is C11H18N2O3S. The lowest BCUT2D eigenvalue weighted by Gasteiger charge is -2.34. The van der Waals surface area contributed by atoms with Crippen LogP contribution in [0, 0.1) is 5.92 Å². The second kappa shape index (κ2) is 5.62. The Kier molecular flexibility index (Phi) is 4.15. The van der Waals surface area contributed by atoms with Crippen molar-refractivity contribution >= 4 is 23.8 Å². The Morgan fingerprint density at radius 3 is 2.76 bits per heavy atom. The standard InChI is InChI=1S/C11H18N2O3S/c14-10(15)9-7-17-5-4-13(9)11(16)12-6-8-2-1-3-8/h8-9H,1-7H2,(H,12,16)(H,14,15). The third-order valence-electron chi connectivity index (χ3n) is 3.44. The average molecular weight is 258 g/mol. The van der Waals surface area contributed by atoms with Gasteiger partial charge in [-0.25, -0.2) is 9.59 Å². The number of nitrogens with zero attached hydrogens (tertiary/aromatic N) is 1. The summed E-state index contributed by atoms with van der Waals surface area (Å²) in [6, 6.07) is -0.889. The molecule has 96 valence electrons. The quantitative estimate of drug-likeness (QED) is 0.792. The number of carboxylic acid groups (broad SMARTS) is 1. The van der Waals surface area contributed by atoms with E-state index in [9.17, 15) is 9.59 Å². The molecule has 1 unspecified atom stereocenters. The minimum absolute atomic E-state index is 0.218. The van der Waals surface area contributed by atoms with E-state index in [2.05, 4.69) is 5.32 Å². The molecule has 0 aromatic rings. The van der Waals surface area contributed by atoms with E-state index < -0.39 is 12.0 Å². The Labute approximate surface area is 105 Å². The summed E-state index contributed by atoms with van der Waals surface area (Å²) in [5, 5.41) is 11.9. The van der Waals surface area contributed by atoms with Gasteiger partial charge < -0.3 is 15.3 Å². The zero-order valence-electron chi connectivity index (χ0n) is 9.72. The van der Waals surface area contributed by atoms with Gasteiger partial charge in [-0.3, -0.25) is 0 Å². The number of nitrogens with one attached hydrogen (secondary N) is 1. The molecule has 0 bridgehead atoms. The number of carbonyl (C=O) groups excluding carboxylic acids is 1. The lowest BCUT2D eigenvalue weighted by Crippen LogP contribution is -2.54. The number of aliphatic carboxylic acids is 1. The molecule has 1 saturated heterocycles. The highest BCUT2D eigenvalue weighted by molar-refractivity contribution is 7.99. The van der Waals surface area contributed by atoms with E-state index >= 15 is 0 Å². The topological polar surface area (TPSA) is 69.6 Å². The van der Waals surface area contributed by atoms with Crippen LogP contribution in [0.2, 0.25) is 0 Å². The molecule has 1 aliphatic heterocycles. The van der Waals surface area contributed by atoms with Crippen LogP contribution in [0.5, 0.6) is 0 Å². The van der Waals surface area contributed by atoms with Crippen LogP contribution in [0.25, 0.3) is 0 Å². The zero-order chi connectivity index (χ0) is 12.3. The predicted octanol–water partition coefficient (Wildman–Crippen LogP) is 0.998. The maximum absolute atomic E-state index is 11.9. The maximum Gasteiger partial charge on any atom is 0.327 e. The van der Waals surface area contributed by atoms with Gasteiger partial charge in [0.05, 0.1) is 0 Å². The van der Waals surface area contributed by atoms with Gasteiger partial charge >= 0.3 is 12.0 Å². The van der Waals surface area contributed by atoms with Crippen molar-refractivity contribution in [1.82, 2.24) is 10.2 Å². The molecule has 17 heavy (non-hydrogen) atoms. The fraction of sp³-hybridized carbons (Fsp3) is 0.818. The van der Waals surface area contributed by atoms with E-state index in [-0.39, 0.29) is 6.03 Å². The van der Waals surface area contributed by atoms with Crippen molar-refractivity contribution in [2.75, 3.05) is 24.6 Å². The van der Waals surface area contributed by atoms with Crippen molar-refractivity contribution in [2.24, 2.45) is 5.92 Å². The van der Waals surface area contributed by atoms with Crippen LogP contribution >= 0.6 is 11.8 Å². The minimum atomic E-state index is -0.906. The van der Waals surface area contributed by atoms with Crippen LogP contribution in [0.3, 0.4) is 0 Å². The first-order chi connectivity index (χ1) is 8.18. The van der Waals surface area contributed by atoms with E-state index in [1.165, 1.54) is 24.2 Å². The van der Waals surface area contributed by atoms with Gasteiger partial charge in [0.15, 0.2) is 0 Å². The molecule has 1 heterocycles. The van der Waals surface area contributed by atoms with Gasteiger partial charge in [-0.2, -0.15) is 11.8 Å². The van der Waals surface area contributed by atoms with Crippen LogP contribution in [-0.2, 0) is 4.79 Å². The summed E-state index contributed by atoms with van der Waals surface area (Å²) in [7, 11) is 0. The van der Waals surface area contributed by atoms with Gasteiger partial charge in [0.1, 0.15) is 6.04 Å². The summed E-state index contributed by atoms with van der Waals surface area (Å²) < 4.78 is 0. The fourth-order valence-electron chi connectivity index (χ4n) is 2.08. The zero-order valence-corrected chi connectivity index (χ0v) is 10.5. The second-order valence-electron chi connectivity index (χ2n) is 4.61. The molecule has 2 rings (SSSR count). The Morgan fingerprint density at radius 1 is 1.41 bits per heavy atom. The number of rotatable bonds is 3. The molecule has 0 aromatic carbocycles. The van der Waals surface area contributed by atoms with Crippen molar-refractivity contribution in [1.29, 1.82) is 0 Å². The van der Waals surface area contributed by atoms with E-state index in [1.807, 2.05) is 0 Å². The first-order valence-corrected chi connectivity index (χ1v) is 7.19. The van der Waals surface area contributed by atoms with Crippen LogP contribution < -0.4 is 5.32 Å². The fourth-order valence-corrected chi connectivity index (χ4v) is 3.12. The molecule has 2 fully saturated rings. The van der Waals surface area contributed by atoms with Crippen LogP contribution in [-0.4, -0.2) is 52.6 Å². The highest BCUT2D eigenvalue weighted by Gasteiger charge is 2.32. The third-order valence-corrected chi connectivity index (χ3v) is 4.46. The molecule has 1 saturated carbocycles. The molecule has 1 atom stereocenters. The summed E-state index contributed by atoms with van der Waals surface area (Å²) in [5.74, 6) is 1.00. The van der Waals surface area contributed by atoms with Crippen LogP contribution in [0.15, 0.2) is 0 Å². The van der Waals surface area contributed by atoms with Gasteiger partial charge in [0.25, 0.3) is 0 Å². The molecule has 2 amide bonds. The monoisotopic (exact) mass is 258 g/mol. The average Bonchev–Trinajstić information content (AvgIpc) is 2.26. The summed E-state index contributed by atoms with van der Waals surface area (Å²) >= 11 is 1.59. The molecule has 0 aromatic heterocycles. The number of thioether (sulfide) groups is 1. The molecular weight excluding hydrogens is 240 g/mol. The molecule has 0 radical (unpaired) electrons. The Bertz CT molecular complexity index is 307. The number of hydrogen-bond acceptors (Lipinski definition) is 3. The van der Waals surface area contributed by atoms with E-state index in [0.717, 1.165) is 5.75 Å². The van der Waals surface area contributed by atoms with Crippen LogP contribution in [0.1, 0.15) is 19.3 Å². The summed E-state index contributed by atoms with van der Waals surface area (Å²) in [5.41, 5.74) is 0. The van der Waals surface area contributed by atoms with E-state index in [4.69, 9.17) is 5.11 Å². The maximum atomic E-state index is 11.9. The van der Waals surface area contributed by atoms with Crippen molar-refractivity contribution in [2.45, 2.75) is 25.3 Å². The minimum Gasteiger partial charge on any atom is -0.480 e. The second-order valence-corrected chi connectivity index (χ2v) is 5.76. The summed E-state index contributed by atoms with van der Waals surface area (Å²) in [6.45, 7) is 1.22. The van der Waals surface area contributed by atoms with Gasteiger partial charge in [0.2, 0.25) is 0 Å². The van der Waals surface area contributed by atoms with Gasteiger partial charge in [-0.1, -0.05) is 6.42 Å². The van der Waals surface area contributed by atoms with Gasteiger partial charge in [-0.05, 0) is 18.8 Å². The van der Waals surface area contributed by atoms with E-state index in [0.29, 0.717) is 24.8 Å². The lowest BCUT2D eigenvalue weighted by molar-refractivity contribution is -0.141. The first kappa shape index (κ1) is 12.5. The largest absolute Gasteiger partial charge is 0.480 e. The van der Waals surface area contributed by atoms with Crippen molar-refractivity contribution < 1.29 is 14.7 Å². The molecule has 1 aliphatic carbocycles. The summed E-state index contributed by atoms with van der Waals surface area (Å²) in [4.78, 5) is 24.4. The normalized spacial score (nSPS) is 25.2. The van der Waals surface area contributed by atoms with Gasteiger partial charge in [-0.15, -0.1) is 0 Å². The number of carboxylic acids is 1. The Morgan fingerprint density at radius 2 is 2.18 bits per heavy atom. The molecule has 2 aliphatic rings. The molecule has 5 nitrogen and oxygen atoms in total. The Balaban J connectivity index is 1.84. The third kappa shape index (κ3) is 3.06. The number of amides is 2. The lowest BCUT2D eigenvalue weighted by atomic mass is 9.85. The smallest absolute Gasteiger partial charge is 0.327 e. The predicted molar refractivity (Wildman–Crippen MR) is 66.2 cm³/mol. The molecule has 0 spiro atoms. The molecule has 6 heteroatoms. The number of urea groups is 1. The number of carbonyl (C=O) groups is 2. The first-order valence-electron chi connectivity index (χ1n) is 6.03. The molecule has 2 N–H and O–H groups in total. The number of hydrogen-bond donors (Lipinski definition) is 2. The highest BCUT2D eigenvalue weighted by Crippen LogP contribution is 2.25. The van der Waals surface area contributed by atoms with Gasteiger partial charge in [0, 0.05) is 24.6 Å². The summed E-state index contributed by atoms with van der Waals surface area (Å²) in [6.07, 6.45) is 3.61. The van der Waals surface area contributed by atoms with E-state index in [1.54, 1.807) is 11.8 Å². The van der Waals surface area contributed by atoms with Crippen molar-refractivity contribution in [3.05, 3.63) is 0 Å². The van der Waals surface area contributed by atoms with Crippen LogP contribution in [0.4, 0.5) is 4.79 Å².